The largest absolute Gasteiger partial charge is 0.379 e. The summed E-state index contributed by atoms with van der Waals surface area (Å²) in [5.74, 6) is 0. The van der Waals surface area contributed by atoms with Gasteiger partial charge in [0, 0.05) is 24.0 Å². The first-order valence-electron chi connectivity index (χ1n) is 5.27. The second-order valence-electron chi connectivity index (χ2n) is 3.57. The molecule has 0 saturated heterocycles. The molecule has 1 unspecified atom stereocenters. The second-order valence-corrected chi connectivity index (χ2v) is 4.55. The Bertz CT molecular complexity index is 251. The van der Waals surface area contributed by atoms with Crippen molar-refractivity contribution in [2.24, 2.45) is 5.73 Å². The Kier molecular flexibility index (Phi) is 5.86. The summed E-state index contributed by atoms with van der Waals surface area (Å²) in [5, 5.41) is 2.12. The minimum absolute atomic E-state index is 0.464. The van der Waals surface area contributed by atoms with Crippen molar-refractivity contribution < 1.29 is 4.74 Å². The second kappa shape index (κ2) is 6.95. The molecule has 0 radical (unpaired) electrons. The lowest BCUT2D eigenvalue weighted by Crippen LogP contribution is -2.26. The lowest BCUT2D eigenvalue weighted by molar-refractivity contribution is 0.107. The molecule has 0 aromatic carbocycles. The number of hydrogen-bond donors (Lipinski definition) is 1. The third-order valence-corrected chi connectivity index (χ3v) is 3.51. The molecule has 0 aliphatic carbocycles. The maximum atomic E-state index is 5.36. The van der Waals surface area contributed by atoms with Crippen LogP contribution in [0.2, 0.25) is 0 Å². The quantitative estimate of drug-likeness (QED) is 0.722. The van der Waals surface area contributed by atoms with E-state index >= 15 is 0 Å². The molecule has 1 aromatic heterocycles. The highest BCUT2D eigenvalue weighted by Gasteiger charge is 2.11. The fourth-order valence-corrected chi connectivity index (χ4v) is 2.18. The van der Waals surface area contributed by atoms with Gasteiger partial charge in [-0.1, -0.05) is 6.07 Å². The molecule has 0 bridgehead atoms. The SMILES string of the molecule is CC(c1cccs1)N(C)CCOCCN. The summed E-state index contributed by atoms with van der Waals surface area (Å²) in [7, 11) is 2.12. The summed E-state index contributed by atoms with van der Waals surface area (Å²) in [4.78, 5) is 3.69. The van der Waals surface area contributed by atoms with E-state index in [9.17, 15) is 0 Å². The van der Waals surface area contributed by atoms with Gasteiger partial charge in [0.05, 0.1) is 13.2 Å². The highest BCUT2D eigenvalue weighted by atomic mass is 32.1. The van der Waals surface area contributed by atoms with Crippen molar-refractivity contribution in [2.75, 3.05) is 33.4 Å². The van der Waals surface area contributed by atoms with Crippen molar-refractivity contribution in [2.45, 2.75) is 13.0 Å². The van der Waals surface area contributed by atoms with Crippen molar-refractivity contribution in [1.82, 2.24) is 4.90 Å². The molecule has 0 fully saturated rings. The number of hydrogen-bond acceptors (Lipinski definition) is 4. The van der Waals surface area contributed by atoms with Crippen molar-refractivity contribution >= 4 is 11.3 Å². The van der Waals surface area contributed by atoms with Gasteiger partial charge in [0.2, 0.25) is 0 Å². The summed E-state index contributed by atoms with van der Waals surface area (Å²) >= 11 is 1.80. The van der Waals surface area contributed by atoms with E-state index in [1.807, 2.05) is 0 Å². The number of thiophene rings is 1. The number of likely N-dealkylation sites (N-methyl/N-ethyl adjacent to an activating group) is 1. The van der Waals surface area contributed by atoms with E-state index in [0.29, 0.717) is 19.2 Å². The van der Waals surface area contributed by atoms with Crippen molar-refractivity contribution in [3.8, 4) is 0 Å². The van der Waals surface area contributed by atoms with E-state index in [1.54, 1.807) is 11.3 Å². The van der Waals surface area contributed by atoms with E-state index < -0.39 is 0 Å². The fourth-order valence-electron chi connectivity index (χ4n) is 1.33. The van der Waals surface area contributed by atoms with E-state index in [-0.39, 0.29) is 0 Å². The molecule has 1 atom stereocenters. The van der Waals surface area contributed by atoms with Crippen LogP contribution in [-0.4, -0.2) is 38.3 Å². The first-order chi connectivity index (χ1) is 7.25. The number of nitrogens with zero attached hydrogens (tertiary/aromatic N) is 1. The van der Waals surface area contributed by atoms with Crippen molar-refractivity contribution in [1.29, 1.82) is 0 Å². The third-order valence-electron chi connectivity index (χ3n) is 2.47. The summed E-state index contributed by atoms with van der Waals surface area (Å²) in [6.07, 6.45) is 0. The predicted molar refractivity (Wildman–Crippen MR) is 65.2 cm³/mol. The molecule has 1 heterocycles. The maximum absolute atomic E-state index is 5.36. The highest BCUT2D eigenvalue weighted by molar-refractivity contribution is 7.10. The van der Waals surface area contributed by atoms with Crippen LogP contribution in [0.4, 0.5) is 0 Å². The Balaban J connectivity index is 2.24. The fraction of sp³-hybridized carbons (Fsp3) is 0.636. The van der Waals surface area contributed by atoms with Crippen molar-refractivity contribution in [3.63, 3.8) is 0 Å². The van der Waals surface area contributed by atoms with E-state index in [1.165, 1.54) is 4.88 Å². The van der Waals surface area contributed by atoms with Gasteiger partial charge in [-0.25, -0.2) is 0 Å². The van der Waals surface area contributed by atoms with Crippen LogP contribution in [0.1, 0.15) is 17.8 Å². The van der Waals surface area contributed by atoms with Crippen LogP contribution in [0, 0.1) is 0 Å². The third kappa shape index (κ3) is 4.30. The van der Waals surface area contributed by atoms with Crippen LogP contribution in [0.3, 0.4) is 0 Å². The van der Waals surface area contributed by atoms with Crippen LogP contribution >= 0.6 is 11.3 Å². The van der Waals surface area contributed by atoms with Crippen molar-refractivity contribution in [3.05, 3.63) is 22.4 Å². The molecule has 1 rings (SSSR count). The van der Waals surface area contributed by atoms with Gasteiger partial charge < -0.3 is 10.5 Å². The Hall–Kier alpha value is -0.420. The first kappa shape index (κ1) is 12.6. The molecule has 0 saturated carbocycles. The highest BCUT2D eigenvalue weighted by Crippen LogP contribution is 2.22. The Morgan fingerprint density at radius 1 is 1.53 bits per heavy atom. The monoisotopic (exact) mass is 228 g/mol. The summed E-state index contributed by atoms with van der Waals surface area (Å²) < 4.78 is 5.36. The van der Waals surface area contributed by atoms with E-state index in [0.717, 1.165) is 13.2 Å². The number of nitrogens with two attached hydrogens (primary N) is 1. The molecule has 3 nitrogen and oxygen atoms in total. The Morgan fingerprint density at radius 3 is 2.93 bits per heavy atom. The Morgan fingerprint density at radius 2 is 2.33 bits per heavy atom. The first-order valence-corrected chi connectivity index (χ1v) is 6.15. The smallest absolute Gasteiger partial charge is 0.0594 e. The summed E-state index contributed by atoms with van der Waals surface area (Å²) in [5.41, 5.74) is 5.35. The van der Waals surface area contributed by atoms with Gasteiger partial charge in [-0.2, -0.15) is 0 Å². The van der Waals surface area contributed by atoms with Crippen LogP contribution in [0.25, 0.3) is 0 Å². The van der Waals surface area contributed by atoms with Crippen LogP contribution in [-0.2, 0) is 4.74 Å². The summed E-state index contributed by atoms with van der Waals surface area (Å²) in [6, 6.07) is 4.73. The lowest BCUT2D eigenvalue weighted by atomic mass is 10.2. The zero-order valence-corrected chi connectivity index (χ0v) is 10.3. The normalized spacial score (nSPS) is 13.3. The molecule has 2 N–H and O–H groups in total. The lowest BCUT2D eigenvalue weighted by Gasteiger charge is -2.23. The standard InChI is InChI=1S/C11H20N2OS/c1-10(11-4-3-9-15-11)13(2)6-8-14-7-5-12/h3-4,9-10H,5-8,12H2,1-2H3. The minimum atomic E-state index is 0.464. The molecule has 0 aliphatic heterocycles. The molecular formula is C11H20N2OS. The molecule has 0 amide bonds. The van der Waals surface area contributed by atoms with Gasteiger partial charge in [-0.05, 0) is 25.4 Å². The molecule has 86 valence electrons. The zero-order valence-electron chi connectivity index (χ0n) is 9.48. The van der Waals surface area contributed by atoms with Gasteiger partial charge in [-0.3, -0.25) is 4.90 Å². The van der Waals surface area contributed by atoms with E-state index in [4.69, 9.17) is 10.5 Å². The van der Waals surface area contributed by atoms with Gasteiger partial charge in [0.1, 0.15) is 0 Å². The summed E-state index contributed by atoms with van der Waals surface area (Å²) in [6.45, 7) is 5.17. The molecule has 1 aromatic rings. The van der Waals surface area contributed by atoms with Crippen LogP contribution in [0.15, 0.2) is 17.5 Å². The number of ether oxygens (including phenoxy) is 1. The minimum Gasteiger partial charge on any atom is -0.379 e. The molecule has 4 heteroatoms. The maximum Gasteiger partial charge on any atom is 0.0594 e. The topological polar surface area (TPSA) is 38.5 Å². The molecular weight excluding hydrogens is 208 g/mol. The van der Waals surface area contributed by atoms with Gasteiger partial charge >= 0.3 is 0 Å². The van der Waals surface area contributed by atoms with Gasteiger partial charge in [-0.15, -0.1) is 11.3 Å². The van der Waals surface area contributed by atoms with E-state index in [2.05, 4.69) is 36.4 Å². The van der Waals surface area contributed by atoms with Crippen LogP contribution in [0.5, 0.6) is 0 Å². The number of rotatable bonds is 7. The predicted octanol–water partition coefficient (Wildman–Crippen LogP) is 1.72. The van der Waals surface area contributed by atoms with Gasteiger partial charge in [0.15, 0.2) is 0 Å². The average Bonchev–Trinajstić information content (AvgIpc) is 2.76. The zero-order chi connectivity index (χ0) is 11.1. The molecule has 15 heavy (non-hydrogen) atoms. The molecule has 0 spiro atoms. The van der Waals surface area contributed by atoms with Gasteiger partial charge in [0.25, 0.3) is 0 Å². The van der Waals surface area contributed by atoms with Crippen LogP contribution < -0.4 is 5.73 Å². The molecule has 0 aliphatic rings. The Labute approximate surface area is 95.8 Å². The average molecular weight is 228 g/mol.